The summed E-state index contributed by atoms with van der Waals surface area (Å²) >= 11 is 0. The Morgan fingerprint density at radius 1 is 0.780 bits per heavy atom. The van der Waals surface area contributed by atoms with Crippen molar-refractivity contribution in [3.05, 3.63) is 101 Å². The second-order valence-electron chi connectivity index (χ2n) is 14.7. The number of aromatic amines is 3. The molecule has 8 bridgehead atoms. The fourth-order valence-electron chi connectivity index (χ4n) is 7.44. The molecule has 2 amide bonds. The topological polar surface area (TPSA) is 276 Å². The summed E-state index contributed by atoms with van der Waals surface area (Å²) in [5.41, 5.74) is 6.80. The molecule has 0 spiro atoms. The van der Waals surface area contributed by atoms with Crippen LogP contribution in [-0.4, -0.2) is 90.8 Å². The lowest BCUT2D eigenvalue weighted by molar-refractivity contribution is -0.139. The van der Waals surface area contributed by atoms with Crippen LogP contribution in [-0.2, 0) is 41.6 Å². The zero-order chi connectivity index (χ0) is 43.2. The number of carbonyl (C=O) groups excluding carboxylic acids is 4. The van der Waals surface area contributed by atoms with Crippen LogP contribution in [0.25, 0.3) is 30.4 Å². The molecule has 1 unspecified atom stereocenters. The van der Waals surface area contributed by atoms with Crippen LogP contribution >= 0.6 is 0 Å². The van der Waals surface area contributed by atoms with Gasteiger partial charge in [0, 0.05) is 63.1 Å². The standard InChI is InChI=1S/C42H47N7O10/c1-6-26-21(2)31-16-36-29(11-12-43-59)42(5,58)37(49-36)18-32-23(4)28(8-10-39(53)45-25(20-51)14-41(56)57)35(48-32)17-34-27(22(3)30(47-34)15-33(26)46-31)7-9-38(52)44-24(19-50)13-40(54)55/h6,11,15-20,24-25,46-49,58H,1,7-10,12-14H2,2-5H3,(H,44,52)(H,45,53)(H,54,55)(H,56,57)/t24-,25-,42?/m0/s1. The number of nitroso groups, excluding NO2 is 1. The molecule has 2 aliphatic rings. The van der Waals surface area contributed by atoms with Crippen molar-refractivity contribution in [3.8, 4) is 0 Å². The largest absolute Gasteiger partial charge is 0.481 e. The fourth-order valence-corrected chi connectivity index (χ4v) is 7.44. The molecule has 0 saturated carbocycles. The molecule has 17 heteroatoms. The number of nitrogens with one attached hydrogen (secondary N) is 6. The first-order chi connectivity index (χ1) is 28.0. The van der Waals surface area contributed by atoms with Crippen LogP contribution in [0, 0.1) is 25.7 Å². The number of hydrogen-bond acceptors (Lipinski definition) is 10. The Labute approximate surface area is 338 Å². The van der Waals surface area contributed by atoms with Crippen LogP contribution in [0.4, 0.5) is 0 Å². The van der Waals surface area contributed by atoms with Gasteiger partial charge in [-0.25, -0.2) is 0 Å². The third-order valence-corrected chi connectivity index (χ3v) is 10.6. The van der Waals surface area contributed by atoms with Gasteiger partial charge in [-0.15, -0.1) is 0 Å². The Morgan fingerprint density at radius 2 is 1.34 bits per heavy atom. The maximum atomic E-state index is 13.0. The van der Waals surface area contributed by atoms with E-state index in [1.165, 1.54) is 0 Å². The number of carboxylic acids is 2. The van der Waals surface area contributed by atoms with Gasteiger partial charge >= 0.3 is 11.9 Å². The van der Waals surface area contributed by atoms with Crippen molar-refractivity contribution in [3.63, 3.8) is 0 Å². The molecule has 0 aromatic carbocycles. The zero-order valence-electron chi connectivity index (χ0n) is 33.1. The molecule has 310 valence electrons. The average Bonchev–Trinajstić information content (AvgIpc) is 3.81. The Morgan fingerprint density at radius 3 is 1.90 bits per heavy atom. The van der Waals surface area contributed by atoms with Gasteiger partial charge in [-0.2, -0.15) is 4.91 Å². The lowest BCUT2D eigenvalue weighted by atomic mass is 9.93. The Kier molecular flexibility index (Phi) is 13.3. The van der Waals surface area contributed by atoms with Crippen LogP contribution in [0.5, 0.6) is 0 Å². The molecule has 17 nitrogen and oxygen atoms in total. The van der Waals surface area contributed by atoms with Crippen molar-refractivity contribution in [1.29, 1.82) is 0 Å². The van der Waals surface area contributed by atoms with Gasteiger partial charge < -0.3 is 55.8 Å². The minimum absolute atomic E-state index is 0.0846. The molecular weight excluding hydrogens is 763 g/mol. The van der Waals surface area contributed by atoms with Crippen molar-refractivity contribution < 1.29 is 44.1 Å². The first-order valence-electron chi connectivity index (χ1n) is 18.8. The van der Waals surface area contributed by atoms with E-state index in [2.05, 4.69) is 42.7 Å². The third-order valence-electron chi connectivity index (χ3n) is 10.6. The van der Waals surface area contributed by atoms with E-state index in [0.29, 0.717) is 74.1 Å². The maximum Gasteiger partial charge on any atom is 0.305 e. The highest BCUT2D eigenvalue weighted by molar-refractivity contribution is 5.84. The first kappa shape index (κ1) is 43.2. The lowest BCUT2D eigenvalue weighted by Crippen LogP contribution is -2.37. The quantitative estimate of drug-likeness (QED) is 0.0701. The summed E-state index contributed by atoms with van der Waals surface area (Å²) in [6.45, 7) is 11.1. The number of fused-ring (bicyclic) bond motifs is 8. The summed E-state index contributed by atoms with van der Waals surface area (Å²) in [4.78, 5) is 93.0. The summed E-state index contributed by atoms with van der Waals surface area (Å²) < 4.78 is 0. The van der Waals surface area contributed by atoms with Crippen LogP contribution in [0.2, 0.25) is 0 Å². The van der Waals surface area contributed by atoms with Gasteiger partial charge in [0.15, 0.2) is 0 Å². The van der Waals surface area contributed by atoms with E-state index >= 15 is 0 Å². The summed E-state index contributed by atoms with van der Waals surface area (Å²) in [5, 5.41) is 42.8. The number of carbonyl (C=O) groups is 6. The third kappa shape index (κ3) is 9.64. The van der Waals surface area contributed by atoms with Crippen molar-refractivity contribution in [1.82, 2.24) is 30.9 Å². The minimum atomic E-state index is -1.61. The number of amides is 2. The predicted octanol–water partition coefficient (Wildman–Crippen LogP) is 1.82. The highest BCUT2D eigenvalue weighted by atomic mass is 16.4. The zero-order valence-corrected chi connectivity index (χ0v) is 33.1. The minimum Gasteiger partial charge on any atom is -0.481 e. The molecule has 5 heterocycles. The van der Waals surface area contributed by atoms with Crippen molar-refractivity contribution in [2.75, 3.05) is 6.54 Å². The van der Waals surface area contributed by atoms with Gasteiger partial charge in [-0.05, 0) is 92.7 Å². The van der Waals surface area contributed by atoms with E-state index in [1.54, 1.807) is 25.2 Å². The molecule has 9 N–H and O–H groups in total. The molecule has 59 heavy (non-hydrogen) atoms. The molecule has 0 aliphatic carbocycles. The number of aliphatic hydroxyl groups is 1. The van der Waals surface area contributed by atoms with Gasteiger partial charge in [0.25, 0.3) is 0 Å². The Hall–Kier alpha value is -6.88. The lowest BCUT2D eigenvalue weighted by Gasteiger charge is -2.19. The predicted molar refractivity (Wildman–Crippen MR) is 219 cm³/mol. The van der Waals surface area contributed by atoms with Gasteiger partial charge in [0.1, 0.15) is 18.2 Å². The van der Waals surface area contributed by atoms with E-state index in [0.717, 1.165) is 22.3 Å². The molecule has 0 radical (unpaired) electrons. The molecule has 3 atom stereocenters. The molecule has 3 aromatic rings. The highest BCUT2D eigenvalue weighted by Crippen LogP contribution is 2.39. The normalized spacial score (nSPS) is 17.3. The molecule has 1 fully saturated rings. The van der Waals surface area contributed by atoms with Crippen molar-refractivity contribution in [2.24, 2.45) is 5.18 Å². The summed E-state index contributed by atoms with van der Waals surface area (Å²) in [6.07, 6.45) is 10.3. The highest BCUT2D eigenvalue weighted by Gasteiger charge is 2.40. The van der Waals surface area contributed by atoms with Crippen molar-refractivity contribution in [2.45, 2.75) is 83.9 Å². The summed E-state index contributed by atoms with van der Waals surface area (Å²) in [7, 11) is 0. The average molecular weight is 810 g/mol. The van der Waals surface area contributed by atoms with Gasteiger partial charge in [-0.1, -0.05) is 23.9 Å². The van der Waals surface area contributed by atoms with Crippen LogP contribution in [0.3, 0.4) is 0 Å². The SMILES string of the molecule is C=Cc1c2[nH]c(c1C)C=C1NC(=Cc3[nH]c(c(CCC(=O)N[C@H](C=O)CC(=O)O)c3C)C=c3[nH]c(c(C)c3CCC(=O)N[C@H](C=O)CC(=O)O)=C2)C(C)(O)C1=CCN=O. The number of hydrogen-bond donors (Lipinski definition) is 9. The number of rotatable bonds is 17. The molecule has 3 aromatic heterocycles. The number of nitrogens with zero attached hydrogens (tertiary/aromatic N) is 1. The number of aliphatic carboxylic acids is 2. The Bertz CT molecular complexity index is 2460. The number of H-pyrrole nitrogens is 3. The van der Waals surface area contributed by atoms with E-state index in [1.807, 2.05) is 39.0 Å². The number of carboxylic acid groups (broad SMARTS) is 2. The smallest absolute Gasteiger partial charge is 0.305 e. The van der Waals surface area contributed by atoms with Gasteiger partial charge in [0.05, 0.1) is 37.2 Å². The number of aldehydes is 2. The fraction of sp³-hybridized carbons (Fsp3) is 0.333. The summed E-state index contributed by atoms with van der Waals surface area (Å²) in [6, 6.07) is -2.40. The monoisotopic (exact) mass is 809 g/mol. The van der Waals surface area contributed by atoms with Crippen LogP contribution in [0.15, 0.2) is 34.8 Å². The van der Waals surface area contributed by atoms with E-state index in [4.69, 9.17) is 10.2 Å². The van der Waals surface area contributed by atoms with Gasteiger partial charge in [0.2, 0.25) is 11.8 Å². The second kappa shape index (κ2) is 18.1. The van der Waals surface area contributed by atoms with E-state index in [-0.39, 0.29) is 32.2 Å². The Balaban J connectivity index is 1.72. The maximum absolute atomic E-state index is 13.0. The molecule has 1 saturated heterocycles. The number of aromatic nitrogens is 3. The van der Waals surface area contributed by atoms with Crippen LogP contribution < -0.4 is 26.6 Å². The summed E-state index contributed by atoms with van der Waals surface area (Å²) in [5.74, 6) is -3.55. The van der Waals surface area contributed by atoms with E-state index < -0.39 is 54.3 Å². The molecule has 5 rings (SSSR count). The van der Waals surface area contributed by atoms with Gasteiger partial charge in [-0.3, -0.25) is 19.2 Å². The molecular formula is C42H47N7O10. The van der Waals surface area contributed by atoms with Crippen molar-refractivity contribution >= 4 is 66.7 Å². The molecule has 2 aliphatic heterocycles. The first-order valence-corrected chi connectivity index (χ1v) is 18.8. The second-order valence-corrected chi connectivity index (χ2v) is 14.7. The van der Waals surface area contributed by atoms with E-state index in [9.17, 15) is 38.8 Å². The van der Waals surface area contributed by atoms with Crippen LogP contribution in [0.1, 0.15) is 88.8 Å².